The van der Waals surface area contributed by atoms with E-state index in [-0.39, 0.29) is 12.4 Å². The van der Waals surface area contributed by atoms with E-state index in [1.807, 2.05) is 0 Å². The van der Waals surface area contributed by atoms with Crippen molar-refractivity contribution in [3.8, 4) is 0 Å². The molecule has 0 saturated heterocycles. The molecule has 0 aliphatic rings. The molecule has 0 bridgehead atoms. The minimum atomic E-state index is 0. The molecule has 95 valence electrons. The number of rotatable bonds is 8. The van der Waals surface area contributed by atoms with E-state index in [1.165, 1.54) is 49.4 Å². The highest BCUT2D eigenvalue weighted by atomic mass is 35.5. The summed E-state index contributed by atoms with van der Waals surface area (Å²) in [7, 11) is 0. The van der Waals surface area contributed by atoms with E-state index in [0.717, 1.165) is 0 Å². The molecule has 0 fully saturated rings. The van der Waals surface area contributed by atoms with Gasteiger partial charge in [-0.25, -0.2) is 0 Å². The predicted molar refractivity (Wildman–Crippen MR) is 82.0 cm³/mol. The van der Waals surface area contributed by atoms with Crippen LogP contribution >= 0.6 is 12.4 Å². The summed E-state index contributed by atoms with van der Waals surface area (Å²) < 4.78 is 1.58. The Hall–Kier alpha value is 0.0425. The van der Waals surface area contributed by atoms with E-state index in [1.54, 1.807) is 4.43 Å². The zero-order chi connectivity index (χ0) is 11.6. The van der Waals surface area contributed by atoms with Crippen molar-refractivity contribution in [3.63, 3.8) is 0 Å². The Bertz CT molecular complexity index is 269. The van der Waals surface area contributed by atoms with Gasteiger partial charge in [0.25, 0.3) is 0 Å². The van der Waals surface area contributed by atoms with Crippen LogP contribution in [-0.4, -0.2) is 15.2 Å². The van der Waals surface area contributed by atoms with Crippen molar-refractivity contribution in [1.29, 1.82) is 0 Å². The number of hydrogen-bond acceptors (Lipinski definition) is 0. The van der Waals surface area contributed by atoms with Crippen molar-refractivity contribution in [3.05, 3.63) is 29.8 Å². The lowest BCUT2D eigenvalue weighted by atomic mass is 10.1. The Kier molecular flexibility index (Phi) is 11.2. The standard InChI is InChI=1S/C8H17.C7H7.Al.ClH/c1-3-5-7-8-6-4-2;1-7-5-3-2-4-6-7;;/h1,3-8H2,2H3;3-6H,1H3;;1H. The average molecular weight is 268 g/mol. The van der Waals surface area contributed by atoms with Crippen LogP contribution in [0.1, 0.15) is 51.0 Å². The molecule has 0 N–H and O–H groups in total. The number of halogens is 1. The highest BCUT2D eigenvalue weighted by molar-refractivity contribution is 6.53. The van der Waals surface area contributed by atoms with E-state index in [4.69, 9.17) is 0 Å². The molecule has 1 radical (unpaired) electrons. The normalized spacial score (nSPS) is 9.76. The van der Waals surface area contributed by atoms with Gasteiger partial charge in [-0.1, -0.05) is 80.6 Å². The second-order valence-electron chi connectivity index (χ2n) is 4.67. The van der Waals surface area contributed by atoms with Gasteiger partial charge >= 0.3 is 0 Å². The molecule has 0 saturated carbocycles. The summed E-state index contributed by atoms with van der Waals surface area (Å²) >= 11 is 0.523. The smallest absolute Gasteiger partial charge is 0.147 e. The molecule has 0 aromatic heterocycles. The molecule has 17 heavy (non-hydrogen) atoms. The molecule has 0 atom stereocenters. The largest absolute Gasteiger partial charge is 0.250 e. The van der Waals surface area contributed by atoms with E-state index in [2.05, 4.69) is 38.1 Å². The fourth-order valence-corrected chi connectivity index (χ4v) is 3.19. The van der Waals surface area contributed by atoms with Gasteiger partial charge in [-0.3, -0.25) is 0 Å². The van der Waals surface area contributed by atoms with Crippen LogP contribution in [-0.2, 0) is 0 Å². The third-order valence-electron chi connectivity index (χ3n) is 3.02. The number of unbranched alkanes of at least 4 members (excludes halogenated alkanes) is 5. The highest BCUT2D eigenvalue weighted by Crippen LogP contribution is 2.06. The van der Waals surface area contributed by atoms with E-state index in [0.29, 0.717) is 15.2 Å². The van der Waals surface area contributed by atoms with Crippen LogP contribution in [0, 0.1) is 6.92 Å². The summed E-state index contributed by atoms with van der Waals surface area (Å²) in [5, 5.41) is 1.44. The van der Waals surface area contributed by atoms with Gasteiger partial charge in [0.15, 0.2) is 0 Å². The van der Waals surface area contributed by atoms with Crippen LogP contribution < -0.4 is 4.43 Å². The van der Waals surface area contributed by atoms with Gasteiger partial charge in [0, 0.05) is 0 Å². The second-order valence-corrected chi connectivity index (χ2v) is 6.32. The molecule has 0 unspecified atom stereocenters. The van der Waals surface area contributed by atoms with Crippen molar-refractivity contribution in [1.82, 2.24) is 0 Å². The first-order valence-electron chi connectivity index (χ1n) is 6.73. The van der Waals surface area contributed by atoms with Crippen LogP contribution in [0.2, 0.25) is 5.28 Å². The third kappa shape index (κ3) is 8.72. The van der Waals surface area contributed by atoms with E-state index < -0.39 is 0 Å². The lowest BCUT2D eigenvalue weighted by Gasteiger charge is -2.01. The van der Waals surface area contributed by atoms with Gasteiger partial charge in [0.2, 0.25) is 15.2 Å². The maximum Gasteiger partial charge on any atom is 0.250 e. The van der Waals surface area contributed by atoms with Gasteiger partial charge in [-0.2, -0.15) is 0 Å². The van der Waals surface area contributed by atoms with Crippen LogP contribution in [0.4, 0.5) is 0 Å². The molecule has 1 rings (SSSR count). The second kappa shape index (κ2) is 11.2. The van der Waals surface area contributed by atoms with E-state index >= 15 is 0 Å². The molecule has 1 aromatic carbocycles. The Labute approximate surface area is 119 Å². The van der Waals surface area contributed by atoms with Crippen LogP contribution in [0.5, 0.6) is 0 Å². The molecule has 0 amide bonds. The van der Waals surface area contributed by atoms with E-state index in [9.17, 15) is 0 Å². The SMILES string of the molecule is CCCCCCC[CH2][Al][c]1ccc(C)cc1.Cl. The summed E-state index contributed by atoms with van der Waals surface area (Å²) in [5.41, 5.74) is 1.38. The Morgan fingerprint density at radius 2 is 1.47 bits per heavy atom. The molecule has 0 spiro atoms. The summed E-state index contributed by atoms with van der Waals surface area (Å²) in [6.45, 7) is 4.44. The minimum Gasteiger partial charge on any atom is -0.147 e. The van der Waals surface area contributed by atoms with Crippen LogP contribution in [0.25, 0.3) is 0 Å². The fourth-order valence-electron chi connectivity index (χ4n) is 1.90. The molecule has 1 aromatic rings. The maximum atomic E-state index is 2.31. The first-order chi connectivity index (χ1) is 7.83. The lowest BCUT2D eigenvalue weighted by molar-refractivity contribution is 0.624. The number of hydrogen-bond donors (Lipinski definition) is 0. The van der Waals surface area contributed by atoms with Gasteiger partial charge in [0.1, 0.15) is 0 Å². The summed E-state index contributed by atoms with van der Waals surface area (Å²) in [5.74, 6) is 0. The Balaban J connectivity index is 0.00000256. The van der Waals surface area contributed by atoms with Crippen molar-refractivity contribution >= 4 is 32.1 Å². The monoisotopic (exact) mass is 267 g/mol. The molecule has 0 aliphatic heterocycles. The summed E-state index contributed by atoms with van der Waals surface area (Å²) in [4.78, 5) is 0. The molecule has 2 heteroatoms. The Morgan fingerprint density at radius 1 is 0.882 bits per heavy atom. The third-order valence-corrected chi connectivity index (χ3v) is 4.57. The quantitative estimate of drug-likeness (QED) is 0.480. The van der Waals surface area contributed by atoms with Crippen LogP contribution in [0.3, 0.4) is 0 Å². The van der Waals surface area contributed by atoms with Gasteiger partial charge in [-0.05, 0) is 6.92 Å². The fraction of sp³-hybridized carbons (Fsp3) is 0.600. The molecule has 0 nitrogen and oxygen atoms in total. The molecular formula is C15H25AlCl. The average Bonchev–Trinajstić information content (AvgIpc) is 2.30. The minimum absolute atomic E-state index is 0. The summed E-state index contributed by atoms with van der Waals surface area (Å²) in [6.07, 6.45) is 8.54. The van der Waals surface area contributed by atoms with Gasteiger partial charge < -0.3 is 0 Å². The highest BCUT2D eigenvalue weighted by Gasteiger charge is 1.96. The Morgan fingerprint density at radius 3 is 2.12 bits per heavy atom. The zero-order valence-corrected chi connectivity index (χ0v) is 13.2. The van der Waals surface area contributed by atoms with Gasteiger partial charge in [0.05, 0.1) is 0 Å². The zero-order valence-electron chi connectivity index (χ0n) is 11.2. The molecule has 0 heterocycles. The summed E-state index contributed by atoms with van der Waals surface area (Å²) in [6, 6.07) is 9.09. The lowest BCUT2D eigenvalue weighted by Crippen LogP contribution is -2.12. The van der Waals surface area contributed by atoms with Gasteiger partial charge in [-0.15, -0.1) is 16.8 Å². The first kappa shape index (κ1) is 17.0. The topological polar surface area (TPSA) is 0 Å². The number of benzene rings is 1. The van der Waals surface area contributed by atoms with Crippen molar-refractivity contribution in [2.24, 2.45) is 0 Å². The molecular weight excluding hydrogens is 243 g/mol. The first-order valence-corrected chi connectivity index (χ1v) is 8.12. The van der Waals surface area contributed by atoms with Crippen molar-refractivity contribution in [2.75, 3.05) is 0 Å². The van der Waals surface area contributed by atoms with Crippen molar-refractivity contribution < 1.29 is 0 Å². The van der Waals surface area contributed by atoms with Crippen LogP contribution in [0.15, 0.2) is 24.3 Å². The molecule has 0 aliphatic carbocycles. The van der Waals surface area contributed by atoms with Crippen molar-refractivity contribution in [2.45, 2.75) is 57.7 Å². The number of aryl methyl sites for hydroxylation is 1. The predicted octanol–water partition coefficient (Wildman–Crippen LogP) is 4.53. The maximum absolute atomic E-state index is 2.31.